The van der Waals surface area contributed by atoms with Crippen LogP contribution >= 0.6 is 0 Å². The summed E-state index contributed by atoms with van der Waals surface area (Å²) in [4.78, 5) is 15.4. The normalized spacial score (nSPS) is 15.6. The lowest BCUT2D eigenvalue weighted by Gasteiger charge is -2.34. The SMILES string of the molecule is O=C(/C(=C/c1ccccc1)c1ccccc1)N1CCN(S(=O)(=O)c2ccccc2)CC1. The summed E-state index contributed by atoms with van der Waals surface area (Å²) in [6.07, 6.45) is 1.89. The largest absolute Gasteiger partial charge is 0.336 e. The number of benzene rings is 3. The first-order valence-corrected chi connectivity index (χ1v) is 11.7. The molecular weight excluding hydrogens is 408 g/mol. The Kier molecular flexibility index (Phi) is 6.30. The zero-order valence-corrected chi connectivity index (χ0v) is 17.9. The maximum Gasteiger partial charge on any atom is 0.254 e. The van der Waals surface area contributed by atoms with Gasteiger partial charge in [-0.25, -0.2) is 8.42 Å². The Labute approximate surface area is 183 Å². The Hall–Kier alpha value is -3.22. The molecule has 0 saturated carbocycles. The molecule has 1 aliphatic heterocycles. The number of nitrogens with zero attached hydrogens (tertiary/aromatic N) is 2. The zero-order chi connectivity index (χ0) is 21.7. The van der Waals surface area contributed by atoms with Crippen molar-refractivity contribution in [2.45, 2.75) is 4.90 Å². The lowest BCUT2D eigenvalue weighted by atomic mass is 10.0. The van der Waals surface area contributed by atoms with E-state index in [0.717, 1.165) is 11.1 Å². The molecular formula is C25H24N2O3S. The van der Waals surface area contributed by atoms with Crippen molar-refractivity contribution in [1.29, 1.82) is 0 Å². The van der Waals surface area contributed by atoms with Crippen LogP contribution in [0.3, 0.4) is 0 Å². The summed E-state index contributed by atoms with van der Waals surface area (Å²) in [5.41, 5.74) is 2.39. The second kappa shape index (κ2) is 9.29. The topological polar surface area (TPSA) is 57.7 Å². The molecule has 1 amide bonds. The lowest BCUT2D eigenvalue weighted by Crippen LogP contribution is -2.50. The minimum atomic E-state index is -3.55. The van der Waals surface area contributed by atoms with Crippen LogP contribution in [0.25, 0.3) is 11.6 Å². The predicted molar refractivity (Wildman–Crippen MR) is 123 cm³/mol. The van der Waals surface area contributed by atoms with E-state index in [0.29, 0.717) is 18.7 Å². The molecule has 0 aromatic heterocycles. The van der Waals surface area contributed by atoms with Crippen LogP contribution in [0.1, 0.15) is 11.1 Å². The van der Waals surface area contributed by atoms with Gasteiger partial charge in [-0.2, -0.15) is 4.31 Å². The van der Waals surface area contributed by atoms with Crippen LogP contribution in [0.15, 0.2) is 95.9 Å². The van der Waals surface area contributed by atoms with Gasteiger partial charge >= 0.3 is 0 Å². The Bertz CT molecular complexity index is 1150. The Morgan fingerprint density at radius 3 is 1.81 bits per heavy atom. The highest BCUT2D eigenvalue weighted by Crippen LogP contribution is 2.23. The molecule has 31 heavy (non-hydrogen) atoms. The van der Waals surface area contributed by atoms with E-state index in [2.05, 4.69) is 0 Å². The van der Waals surface area contributed by atoms with E-state index in [1.165, 1.54) is 4.31 Å². The molecule has 158 valence electrons. The molecule has 1 fully saturated rings. The molecule has 4 rings (SSSR count). The predicted octanol–water partition coefficient (Wildman–Crippen LogP) is 3.76. The third kappa shape index (κ3) is 4.76. The van der Waals surface area contributed by atoms with Gasteiger partial charge in [-0.15, -0.1) is 0 Å². The number of amides is 1. The molecule has 3 aromatic carbocycles. The van der Waals surface area contributed by atoms with Gasteiger partial charge in [0.25, 0.3) is 5.91 Å². The number of piperazine rings is 1. The molecule has 1 heterocycles. The highest BCUT2D eigenvalue weighted by atomic mass is 32.2. The lowest BCUT2D eigenvalue weighted by molar-refractivity contribution is -0.126. The number of sulfonamides is 1. The van der Waals surface area contributed by atoms with Crippen molar-refractivity contribution in [3.05, 3.63) is 102 Å². The van der Waals surface area contributed by atoms with Crippen molar-refractivity contribution in [3.63, 3.8) is 0 Å². The molecule has 0 radical (unpaired) electrons. The van der Waals surface area contributed by atoms with Crippen LogP contribution < -0.4 is 0 Å². The Morgan fingerprint density at radius 1 is 0.710 bits per heavy atom. The van der Waals surface area contributed by atoms with Crippen molar-refractivity contribution in [2.75, 3.05) is 26.2 Å². The van der Waals surface area contributed by atoms with E-state index in [4.69, 9.17) is 0 Å². The monoisotopic (exact) mass is 432 g/mol. The van der Waals surface area contributed by atoms with Crippen molar-refractivity contribution in [3.8, 4) is 0 Å². The number of rotatable bonds is 5. The van der Waals surface area contributed by atoms with Gasteiger partial charge < -0.3 is 4.90 Å². The fourth-order valence-electron chi connectivity index (χ4n) is 3.65. The van der Waals surface area contributed by atoms with Gasteiger partial charge in [0, 0.05) is 31.8 Å². The molecule has 0 spiro atoms. The highest BCUT2D eigenvalue weighted by molar-refractivity contribution is 7.89. The fraction of sp³-hybridized carbons (Fsp3) is 0.160. The molecule has 3 aromatic rings. The second-order valence-corrected chi connectivity index (χ2v) is 9.28. The molecule has 0 atom stereocenters. The summed E-state index contributed by atoms with van der Waals surface area (Å²) < 4.78 is 27.2. The van der Waals surface area contributed by atoms with Crippen LogP contribution in [-0.4, -0.2) is 49.7 Å². The summed E-state index contributed by atoms with van der Waals surface area (Å²) in [6, 6.07) is 27.7. The fourth-order valence-corrected chi connectivity index (χ4v) is 5.09. The van der Waals surface area contributed by atoms with E-state index in [1.54, 1.807) is 35.2 Å². The van der Waals surface area contributed by atoms with E-state index >= 15 is 0 Å². The van der Waals surface area contributed by atoms with Gasteiger partial charge in [0.2, 0.25) is 10.0 Å². The van der Waals surface area contributed by atoms with Crippen LogP contribution in [0.4, 0.5) is 0 Å². The minimum Gasteiger partial charge on any atom is -0.336 e. The van der Waals surface area contributed by atoms with Crippen LogP contribution in [0.2, 0.25) is 0 Å². The summed E-state index contributed by atoms with van der Waals surface area (Å²) in [5.74, 6) is -0.0909. The van der Waals surface area contributed by atoms with E-state index < -0.39 is 10.0 Å². The van der Waals surface area contributed by atoms with Crippen LogP contribution in [-0.2, 0) is 14.8 Å². The van der Waals surface area contributed by atoms with E-state index in [-0.39, 0.29) is 23.9 Å². The standard InChI is InChI=1S/C25H24N2O3S/c28-25(24(22-12-6-2-7-13-22)20-21-10-4-1-5-11-21)26-16-18-27(19-17-26)31(29,30)23-14-8-3-9-15-23/h1-15,20H,16-19H2/b24-20+. The first-order chi connectivity index (χ1) is 15.1. The molecule has 0 N–H and O–H groups in total. The van der Waals surface area contributed by atoms with Gasteiger partial charge in [-0.1, -0.05) is 78.9 Å². The molecule has 0 aliphatic carbocycles. The summed E-state index contributed by atoms with van der Waals surface area (Å²) in [7, 11) is -3.55. The van der Waals surface area contributed by atoms with Gasteiger partial charge in [-0.3, -0.25) is 4.79 Å². The van der Waals surface area contributed by atoms with Crippen molar-refractivity contribution in [2.24, 2.45) is 0 Å². The molecule has 6 heteroatoms. The number of hydrogen-bond acceptors (Lipinski definition) is 3. The van der Waals surface area contributed by atoms with Gasteiger partial charge in [-0.05, 0) is 29.3 Å². The Balaban J connectivity index is 1.54. The zero-order valence-electron chi connectivity index (χ0n) is 17.1. The minimum absolute atomic E-state index is 0.0909. The van der Waals surface area contributed by atoms with Crippen LogP contribution in [0, 0.1) is 0 Å². The molecule has 5 nitrogen and oxygen atoms in total. The molecule has 0 unspecified atom stereocenters. The third-order valence-corrected chi connectivity index (χ3v) is 7.25. The highest BCUT2D eigenvalue weighted by Gasteiger charge is 2.31. The third-order valence-electron chi connectivity index (χ3n) is 5.33. The van der Waals surface area contributed by atoms with Gasteiger partial charge in [0.1, 0.15) is 0 Å². The van der Waals surface area contributed by atoms with Gasteiger partial charge in [0.15, 0.2) is 0 Å². The Morgan fingerprint density at radius 2 is 1.23 bits per heavy atom. The van der Waals surface area contributed by atoms with Crippen molar-refractivity contribution < 1.29 is 13.2 Å². The first kappa shape index (κ1) is 21.0. The number of carbonyl (C=O) groups is 1. The maximum absolute atomic E-state index is 13.4. The molecule has 0 bridgehead atoms. The summed E-state index contributed by atoms with van der Waals surface area (Å²) in [5, 5.41) is 0. The molecule has 1 aliphatic rings. The summed E-state index contributed by atoms with van der Waals surface area (Å²) >= 11 is 0. The van der Waals surface area contributed by atoms with E-state index in [1.807, 2.05) is 66.7 Å². The average molecular weight is 433 g/mol. The summed E-state index contributed by atoms with van der Waals surface area (Å²) in [6.45, 7) is 1.25. The van der Waals surface area contributed by atoms with E-state index in [9.17, 15) is 13.2 Å². The first-order valence-electron chi connectivity index (χ1n) is 10.2. The number of hydrogen-bond donors (Lipinski definition) is 0. The van der Waals surface area contributed by atoms with Crippen LogP contribution in [0.5, 0.6) is 0 Å². The van der Waals surface area contributed by atoms with Crippen molar-refractivity contribution in [1.82, 2.24) is 9.21 Å². The molecule has 1 saturated heterocycles. The van der Waals surface area contributed by atoms with Gasteiger partial charge in [0.05, 0.1) is 4.90 Å². The number of carbonyl (C=O) groups excluding carboxylic acids is 1. The quantitative estimate of drug-likeness (QED) is 0.456. The maximum atomic E-state index is 13.4. The smallest absolute Gasteiger partial charge is 0.254 e. The second-order valence-electron chi connectivity index (χ2n) is 7.34. The van der Waals surface area contributed by atoms with Crippen molar-refractivity contribution >= 4 is 27.6 Å². The average Bonchev–Trinajstić information content (AvgIpc) is 2.84.